The van der Waals surface area contributed by atoms with Crippen LogP contribution in [0, 0.1) is 25.2 Å². The first-order valence-corrected chi connectivity index (χ1v) is 13.1. The van der Waals surface area contributed by atoms with Crippen molar-refractivity contribution in [3.05, 3.63) is 46.8 Å². The number of hydrogen-bond acceptors (Lipinski definition) is 5. The molecule has 2 aromatic rings. The summed E-state index contributed by atoms with van der Waals surface area (Å²) < 4.78 is 35.6. The number of nitrogens with one attached hydrogen (secondary N) is 1. The standard InChI is InChI=1S/C25H30N4O4S/c1-4-33-23-10-7-21(15-24(23)34(31,32)28-11-5-6-12-28)27-25(30)20(16-26)14-19-13-17(2)29(18(19)3)22-8-9-22/h7,10,13-15,22H,4-6,8-9,11-12H2,1-3H3,(H,27,30)/b20-14+. The van der Waals surface area contributed by atoms with Crippen molar-refractivity contribution >= 4 is 27.7 Å². The van der Waals surface area contributed by atoms with Crippen LogP contribution in [0.3, 0.4) is 0 Å². The average Bonchev–Trinajstić information content (AvgIpc) is 3.37. The average molecular weight is 483 g/mol. The fourth-order valence-corrected chi connectivity index (χ4v) is 6.15. The molecule has 1 saturated heterocycles. The van der Waals surface area contributed by atoms with Crippen molar-refractivity contribution in [2.45, 2.75) is 57.4 Å². The van der Waals surface area contributed by atoms with Crippen LogP contribution in [0.15, 0.2) is 34.7 Å². The molecule has 1 aliphatic heterocycles. The summed E-state index contributed by atoms with van der Waals surface area (Å²) in [4.78, 5) is 12.9. The van der Waals surface area contributed by atoms with Crippen LogP contribution in [-0.2, 0) is 14.8 Å². The maximum atomic E-state index is 13.2. The van der Waals surface area contributed by atoms with Gasteiger partial charge in [0.1, 0.15) is 22.3 Å². The largest absolute Gasteiger partial charge is 0.492 e. The van der Waals surface area contributed by atoms with E-state index in [1.54, 1.807) is 25.1 Å². The predicted molar refractivity (Wildman–Crippen MR) is 130 cm³/mol. The second-order valence-corrected chi connectivity index (χ2v) is 10.7. The van der Waals surface area contributed by atoms with Crippen molar-refractivity contribution < 1.29 is 17.9 Å². The second kappa shape index (κ2) is 9.65. The van der Waals surface area contributed by atoms with Gasteiger partial charge in [-0.05, 0) is 82.4 Å². The number of hydrogen-bond donors (Lipinski definition) is 1. The molecule has 180 valence electrons. The number of ether oxygens (including phenoxy) is 1. The van der Waals surface area contributed by atoms with Gasteiger partial charge in [-0.2, -0.15) is 9.57 Å². The van der Waals surface area contributed by atoms with E-state index in [0.29, 0.717) is 25.7 Å². The van der Waals surface area contributed by atoms with E-state index in [0.717, 1.165) is 42.6 Å². The zero-order chi connectivity index (χ0) is 24.5. The van der Waals surface area contributed by atoms with E-state index in [2.05, 4.69) is 9.88 Å². The number of benzene rings is 1. The third-order valence-corrected chi connectivity index (χ3v) is 8.20. The van der Waals surface area contributed by atoms with E-state index in [9.17, 15) is 18.5 Å². The third-order valence-electron chi connectivity index (χ3n) is 6.28. The van der Waals surface area contributed by atoms with Crippen LogP contribution in [0.1, 0.15) is 55.6 Å². The van der Waals surface area contributed by atoms with E-state index in [1.165, 1.54) is 10.4 Å². The molecule has 9 heteroatoms. The Balaban J connectivity index is 1.61. The first-order chi connectivity index (χ1) is 16.3. The molecule has 2 heterocycles. The summed E-state index contributed by atoms with van der Waals surface area (Å²) in [5.74, 6) is -0.344. The fourth-order valence-electron chi connectivity index (χ4n) is 4.48. The van der Waals surface area contributed by atoms with Crippen LogP contribution >= 0.6 is 0 Å². The van der Waals surface area contributed by atoms with Crippen LogP contribution in [0.25, 0.3) is 6.08 Å². The third kappa shape index (κ3) is 4.74. The Labute approximate surface area is 200 Å². The number of carbonyl (C=O) groups is 1. The Morgan fingerprint density at radius 2 is 1.94 bits per heavy atom. The van der Waals surface area contributed by atoms with Gasteiger partial charge in [0.15, 0.2) is 0 Å². The maximum Gasteiger partial charge on any atom is 0.266 e. The van der Waals surface area contributed by atoms with Gasteiger partial charge in [-0.15, -0.1) is 0 Å². The van der Waals surface area contributed by atoms with E-state index in [4.69, 9.17) is 4.74 Å². The number of nitrogens with zero attached hydrogens (tertiary/aromatic N) is 3. The van der Waals surface area contributed by atoms with Gasteiger partial charge < -0.3 is 14.6 Å². The van der Waals surface area contributed by atoms with Crippen molar-refractivity contribution in [3.63, 3.8) is 0 Å². The highest BCUT2D eigenvalue weighted by molar-refractivity contribution is 7.89. The van der Waals surface area contributed by atoms with Crippen LogP contribution in [-0.4, -0.2) is 42.9 Å². The van der Waals surface area contributed by atoms with Crippen LogP contribution < -0.4 is 10.1 Å². The maximum absolute atomic E-state index is 13.2. The number of aromatic nitrogens is 1. The number of carbonyl (C=O) groups excluding carboxylic acids is 1. The predicted octanol–water partition coefficient (Wildman–Crippen LogP) is 4.17. The van der Waals surface area contributed by atoms with E-state index in [1.807, 2.05) is 26.0 Å². The van der Waals surface area contributed by atoms with Crippen LogP contribution in [0.4, 0.5) is 5.69 Å². The smallest absolute Gasteiger partial charge is 0.266 e. The van der Waals surface area contributed by atoms with Crippen molar-refractivity contribution in [1.82, 2.24) is 8.87 Å². The van der Waals surface area contributed by atoms with E-state index in [-0.39, 0.29) is 21.9 Å². The quantitative estimate of drug-likeness (QED) is 0.449. The Morgan fingerprint density at radius 1 is 1.24 bits per heavy atom. The van der Waals surface area contributed by atoms with Crippen molar-refractivity contribution in [2.24, 2.45) is 0 Å². The van der Waals surface area contributed by atoms with Gasteiger partial charge in [-0.25, -0.2) is 8.42 Å². The van der Waals surface area contributed by atoms with Gasteiger partial charge in [-0.1, -0.05) is 0 Å². The minimum Gasteiger partial charge on any atom is -0.492 e. The lowest BCUT2D eigenvalue weighted by molar-refractivity contribution is -0.112. The van der Waals surface area contributed by atoms with Gasteiger partial charge in [-0.3, -0.25) is 4.79 Å². The highest BCUT2D eigenvalue weighted by Gasteiger charge is 2.31. The molecule has 1 saturated carbocycles. The van der Waals surface area contributed by atoms with Crippen molar-refractivity contribution in [1.29, 1.82) is 5.26 Å². The first kappa shape index (κ1) is 24.0. The molecule has 2 aliphatic rings. The van der Waals surface area contributed by atoms with E-state index >= 15 is 0 Å². The molecule has 1 N–H and O–H groups in total. The number of rotatable bonds is 8. The molecule has 8 nitrogen and oxygen atoms in total. The molecule has 0 spiro atoms. The molecule has 4 rings (SSSR count). The Kier molecular flexibility index (Phi) is 6.82. The molecular weight excluding hydrogens is 452 g/mol. The molecule has 1 aromatic heterocycles. The molecule has 1 aliphatic carbocycles. The molecule has 1 amide bonds. The van der Waals surface area contributed by atoms with Gasteiger partial charge in [0.05, 0.1) is 6.61 Å². The van der Waals surface area contributed by atoms with Gasteiger partial charge >= 0.3 is 0 Å². The van der Waals surface area contributed by atoms with Crippen LogP contribution in [0.2, 0.25) is 0 Å². The number of amides is 1. The SMILES string of the molecule is CCOc1ccc(NC(=O)/C(C#N)=C/c2cc(C)n(C3CC3)c2C)cc1S(=O)(=O)N1CCCC1. The molecule has 0 radical (unpaired) electrons. The summed E-state index contributed by atoms with van der Waals surface area (Å²) in [6, 6.07) is 9.00. The summed E-state index contributed by atoms with van der Waals surface area (Å²) in [5, 5.41) is 12.3. The summed E-state index contributed by atoms with van der Waals surface area (Å²) in [6.45, 7) is 7.04. The molecule has 0 bridgehead atoms. The number of aryl methyl sites for hydroxylation is 1. The Bertz CT molecular complexity index is 1280. The number of sulfonamides is 1. The lowest BCUT2D eigenvalue weighted by Gasteiger charge is -2.19. The molecular formula is C25H30N4O4S. The lowest BCUT2D eigenvalue weighted by atomic mass is 10.1. The molecule has 1 aromatic carbocycles. The minimum atomic E-state index is -3.76. The number of nitriles is 1. The number of anilines is 1. The zero-order valence-electron chi connectivity index (χ0n) is 19.8. The summed E-state index contributed by atoms with van der Waals surface area (Å²) in [7, 11) is -3.76. The van der Waals surface area contributed by atoms with Crippen LogP contribution in [0.5, 0.6) is 5.75 Å². The zero-order valence-corrected chi connectivity index (χ0v) is 20.6. The monoisotopic (exact) mass is 482 g/mol. The minimum absolute atomic E-state index is 0.0181. The van der Waals surface area contributed by atoms with Gasteiger partial charge in [0.2, 0.25) is 10.0 Å². The normalized spacial score (nSPS) is 16.9. The molecule has 0 unspecified atom stereocenters. The Hall–Kier alpha value is -3.09. The molecule has 34 heavy (non-hydrogen) atoms. The topological polar surface area (TPSA) is 104 Å². The molecule has 2 fully saturated rings. The summed E-state index contributed by atoms with van der Waals surface area (Å²) in [5.41, 5.74) is 3.21. The second-order valence-electron chi connectivity index (χ2n) is 8.76. The highest BCUT2D eigenvalue weighted by Crippen LogP contribution is 2.38. The van der Waals surface area contributed by atoms with Crippen molar-refractivity contribution in [3.8, 4) is 11.8 Å². The van der Waals surface area contributed by atoms with Gasteiger partial charge in [0.25, 0.3) is 5.91 Å². The van der Waals surface area contributed by atoms with E-state index < -0.39 is 15.9 Å². The summed E-state index contributed by atoms with van der Waals surface area (Å²) >= 11 is 0. The fraction of sp³-hybridized carbons (Fsp3) is 0.440. The molecule has 0 atom stereocenters. The van der Waals surface area contributed by atoms with Crippen molar-refractivity contribution in [2.75, 3.05) is 25.0 Å². The first-order valence-electron chi connectivity index (χ1n) is 11.6. The lowest BCUT2D eigenvalue weighted by Crippen LogP contribution is -2.28. The highest BCUT2D eigenvalue weighted by atomic mass is 32.2. The Morgan fingerprint density at radius 3 is 2.56 bits per heavy atom. The summed E-state index contributed by atoms with van der Waals surface area (Å²) in [6.07, 6.45) is 5.51. The van der Waals surface area contributed by atoms with Gasteiger partial charge in [0, 0.05) is 36.2 Å².